The molecule has 3 N–H and O–H groups in total. The van der Waals surface area contributed by atoms with Gasteiger partial charge < -0.3 is 15.5 Å². The van der Waals surface area contributed by atoms with E-state index < -0.39 is 17.7 Å². The molecule has 33 heavy (non-hydrogen) atoms. The van der Waals surface area contributed by atoms with Crippen LogP contribution in [-0.4, -0.2) is 22.8 Å². The van der Waals surface area contributed by atoms with Gasteiger partial charge in [0.2, 0.25) is 0 Å². The summed E-state index contributed by atoms with van der Waals surface area (Å²) in [5.74, 6) is -1.28. The van der Waals surface area contributed by atoms with Crippen molar-refractivity contribution >= 4 is 63.7 Å². The van der Waals surface area contributed by atoms with Crippen molar-refractivity contribution < 1.29 is 14.4 Å². The molecule has 7 nitrogen and oxygen atoms in total. The second kappa shape index (κ2) is 9.40. The van der Waals surface area contributed by atoms with E-state index in [9.17, 15) is 14.4 Å². The maximum absolute atomic E-state index is 12.6. The first-order valence-corrected chi connectivity index (χ1v) is 10.8. The molecule has 0 saturated carbocycles. The predicted molar refractivity (Wildman–Crippen MR) is 133 cm³/mol. The molecule has 0 aromatic heterocycles. The van der Waals surface area contributed by atoms with Gasteiger partial charge in [0, 0.05) is 16.4 Å². The van der Waals surface area contributed by atoms with Crippen molar-refractivity contribution in [2.45, 2.75) is 13.5 Å². The molecule has 1 heterocycles. The largest absolute Gasteiger partial charge is 0.332 e. The van der Waals surface area contributed by atoms with Gasteiger partial charge in [-0.25, -0.2) is 4.79 Å². The third-order valence-corrected chi connectivity index (χ3v) is 5.59. The third-order valence-electron chi connectivity index (χ3n) is 5.02. The monoisotopic (exact) mass is 478 g/mol. The Balaban J connectivity index is 1.44. The zero-order valence-electron chi connectivity index (χ0n) is 17.5. The lowest BCUT2D eigenvalue weighted by Crippen LogP contribution is -2.37. The third kappa shape index (κ3) is 5.02. The Morgan fingerprint density at radius 2 is 1.73 bits per heavy atom. The van der Waals surface area contributed by atoms with Gasteiger partial charge in [-0.15, -0.1) is 0 Å². The molecule has 166 valence electrons. The minimum atomic E-state index is -0.643. The van der Waals surface area contributed by atoms with Crippen LogP contribution in [0.25, 0.3) is 0 Å². The Morgan fingerprint density at radius 1 is 0.970 bits per heavy atom. The number of urea groups is 1. The summed E-state index contributed by atoms with van der Waals surface area (Å²) < 4.78 is 0. The van der Waals surface area contributed by atoms with E-state index in [1.54, 1.807) is 30.3 Å². The van der Waals surface area contributed by atoms with E-state index >= 15 is 0 Å². The van der Waals surface area contributed by atoms with Crippen LogP contribution in [0.5, 0.6) is 0 Å². The van der Waals surface area contributed by atoms with Gasteiger partial charge in [0.05, 0.1) is 17.8 Å². The molecular formula is C24H19ClN4O3S. The Kier molecular flexibility index (Phi) is 6.39. The Morgan fingerprint density at radius 3 is 2.48 bits per heavy atom. The quantitative estimate of drug-likeness (QED) is 0.366. The minimum absolute atomic E-state index is 0.122. The smallest absolute Gasteiger partial charge is 0.325 e. The van der Waals surface area contributed by atoms with Crippen molar-refractivity contribution in [1.82, 2.24) is 5.32 Å². The molecule has 0 fully saturated rings. The first-order valence-electron chi connectivity index (χ1n) is 10.0. The summed E-state index contributed by atoms with van der Waals surface area (Å²) in [5.41, 5.74) is 3.56. The van der Waals surface area contributed by atoms with Gasteiger partial charge in [-0.05, 0) is 66.7 Å². The average Bonchev–Trinajstić information content (AvgIpc) is 2.99. The standard InChI is InChI=1S/C24H19ClN4O3S/c1-14-5-4-7-16(11-14)27-24(33)28-23(32)26-17-9-10-20-18(12-17)21(30)22(31)29(20)13-15-6-2-3-8-19(15)25/h2-12H,13H2,1H3,(H3,26,27,28,32,33). The van der Waals surface area contributed by atoms with Crippen LogP contribution >= 0.6 is 23.8 Å². The van der Waals surface area contributed by atoms with E-state index in [4.69, 9.17) is 23.8 Å². The Hall–Kier alpha value is -3.75. The molecule has 9 heteroatoms. The number of thiocarbonyl (C=S) groups is 1. The van der Waals surface area contributed by atoms with Crippen molar-refractivity contribution in [3.63, 3.8) is 0 Å². The molecule has 1 aliphatic rings. The molecular weight excluding hydrogens is 460 g/mol. The number of ketones is 1. The number of fused-ring (bicyclic) bond motifs is 1. The highest BCUT2D eigenvalue weighted by atomic mass is 35.5. The Labute approximate surface area is 200 Å². The highest BCUT2D eigenvalue weighted by Gasteiger charge is 2.36. The summed E-state index contributed by atoms with van der Waals surface area (Å²) in [6.07, 6.45) is 0. The average molecular weight is 479 g/mol. The van der Waals surface area contributed by atoms with Crippen LogP contribution in [0.15, 0.2) is 66.7 Å². The van der Waals surface area contributed by atoms with Crippen molar-refractivity contribution in [3.8, 4) is 0 Å². The lowest BCUT2D eigenvalue weighted by Gasteiger charge is -2.17. The van der Waals surface area contributed by atoms with Gasteiger partial charge in [0.15, 0.2) is 5.11 Å². The van der Waals surface area contributed by atoms with E-state index in [-0.39, 0.29) is 17.2 Å². The molecule has 1 aliphatic heterocycles. The van der Waals surface area contributed by atoms with E-state index in [0.29, 0.717) is 16.4 Å². The zero-order valence-corrected chi connectivity index (χ0v) is 19.1. The number of carbonyl (C=O) groups is 3. The van der Waals surface area contributed by atoms with Crippen LogP contribution in [0.1, 0.15) is 21.5 Å². The molecule has 0 saturated heterocycles. The van der Waals surface area contributed by atoms with E-state index in [0.717, 1.165) is 16.8 Å². The summed E-state index contributed by atoms with van der Waals surface area (Å²) in [5, 5.41) is 8.72. The van der Waals surface area contributed by atoms with E-state index in [1.807, 2.05) is 37.3 Å². The molecule has 0 atom stereocenters. The molecule has 0 aliphatic carbocycles. The fourth-order valence-electron chi connectivity index (χ4n) is 3.48. The van der Waals surface area contributed by atoms with Gasteiger partial charge in [0.1, 0.15) is 0 Å². The van der Waals surface area contributed by atoms with Crippen LogP contribution in [0, 0.1) is 6.92 Å². The van der Waals surface area contributed by atoms with Gasteiger partial charge in [-0.1, -0.05) is 41.9 Å². The highest BCUT2D eigenvalue weighted by molar-refractivity contribution is 7.80. The molecule has 0 radical (unpaired) electrons. The van der Waals surface area contributed by atoms with Crippen molar-refractivity contribution in [2.75, 3.05) is 15.5 Å². The molecule has 0 spiro atoms. The fourth-order valence-corrected chi connectivity index (χ4v) is 3.89. The number of Topliss-reactive ketones (excluding diaryl/α,β-unsaturated/α-hetero) is 1. The maximum atomic E-state index is 12.6. The van der Waals surface area contributed by atoms with Gasteiger partial charge in [-0.2, -0.15) is 0 Å². The first-order chi connectivity index (χ1) is 15.8. The highest BCUT2D eigenvalue weighted by Crippen LogP contribution is 2.33. The van der Waals surface area contributed by atoms with E-state index in [2.05, 4.69) is 16.0 Å². The van der Waals surface area contributed by atoms with Crippen LogP contribution < -0.4 is 20.9 Å². The summed E-state index contributed by atoms with van der Waals surface area (Å²) in [4.78, 5) is 38.8. The number of rotatable bonds is 4. The van der Waals surface area contributed by atoms with Gasteiger partial charge in [0.25, 0.3) is 11.7 Å². The molecule has 3 aromatic rings. The number of hydrogen-bond acceptors (Lipinski definition) is 4. The van der Waals surface area contributed by atoms with Crippen molar-refractivity contribution in [1.29, 1.82) is 0 Å². The van der Waals surface area contributed by atoms with Gasteiger partial charge in [-0.3, -0.25) is 14.9 Å². The number of carbonyl (C=O) groups excluding carboxylic acids is 3. The number of benzene rings is 3. The van der Waals surface area contributed by atoms with Crippen LogP contribution in [0.3, 0.4) is 0 Å². The molecule has 0 unspecified atom stereocenters. The summed E-state index contributed by atoms with van der Waals surface area (Å²) in [6, 6.07) is 18.8. The Bertz CT molecular complexity index is 1290. The number of halogens is 1. The summed E-state index contributed by atoms with van der Waals surface area (Å²) in [7, 11) is 0. The zero-order chi connectivity index (χ0) is 23.5. The normalized spacial score (nSPS) is 12.4. The molecule has 0 bridgehead atoms. The number of aryl methyl sites for hydroxylation is 1. The number of nitrogens with zero attached hydrogens (tertiary/aromatic N) is 1. The van der Waals surface area contributed by atoms with E-state index in [1.165, 1.54) is 11.0 Å². The lowest BCUT2D eigenvalue weighted by molar-refractivity contribution is -0.114. The van der Waals surface area contributed by atoms with Crippen LogP contribution in [0.4, 0.5) is 21.9 Å². The number of nitrogens with one attached hydrogen (secondary N) is 3. The predicted octanol–water partition coefficient (Wildman–Crippen LogP) is 4.90. The molecule has 3 amide bonds. The minimum Gasteiger partial charge on any atom is -0.332 e. The van der Waals surface area contributed by atoms with Crippen LogP contribution in [-0.2, 0) is 11.3 Å². The summed E-state index contributed by atoms with van der Waals surface area (Å²) >= 11 is 11.4. The SMILES string of the molecule is Cc1cccc(NC(=S)NC(=O)Nc2ccc3c(c2)C(=O)C(=O)N3Cc2ccccc2Cl)c1. The number of hydrogen-bond donors (Lipinski definition) is 3. The molecule has 3 aromatic carbocycles. The summed E-state index contributed by atoms with van der Waals surface area (Å²) in [6.45, 7) is 2.12. The topological polar surface area (TPSA) is 90.5 Å². The second-order valence-electron chi connectivity index (χ2n) is 7.45. The maximum Gasteiger partial charge on any atom is 0.325 e. The van der Waals surface area contributed by atoms with Crippen molar-refractivity contribution in [2.24, 2.45) is 0 Å². The fraction of sp³-hybridized carbons (Fsp3) is 0.0833. The van der Waals surface area contributed by atoms with Crippen molar-refractivity contribution in [3.05, 3.63) is 88.4 Å². The van der Waals surface area contributed by atoms with Crippen LogP contribution in [0.2, 0.25) is 5.02 Å². The first kappa shape index (κ1) is 22.4. The lowest BCUT2D eigenvalue weighted by atomic mass is 10.1. The number of amides is 3. The number of anilines is 3. The second-order valence-corrected chi connectivity index (χ2v) is 8.26. The molecule has 4 rings (SSSR count). The van der Waals surface area contributed by atoms with Gasteiger partial charge >= 0.3 is 6.03 Å².